The van der Waals surface area contributed by atoms with Crippen LogP contribution in [0.3, 0.4) is 0 Å². The van der Waals surface area contributed by atoms with Gasteiger partial charge in [-0.2, -0.15) is 0 Å². The van der Waals surface area contributed by atoms with Gasteiger partial charge in [0.05, 0.1) is 5.38 Å². The van der Waals surface area contributed by atoms with Gasteiger partial charge in [-0.3, -0.25) is 0 Å². The van der Waals surface area contributed by atoms with Crippen molar-refractivity contribution >= 4 is 63.4 Å². The van der Waals surface area contributed by atoms with E-state index in [-0.39, 0.29) is 10.8 Å². The second kappa shape index (κ2) is 7.14. The maximum atomic E-state index is 8.77. The molecule has 0 heterocycles. The number of hydrogen-bond donors (Lipinski definition) is 1. The van der Waals surface area contributed by atoms with Crippen LogP contribution < -0.4 is 0 Å². The van der Waals surface area contributed by atoms with E-state index >= 15 is 0 Å². The summed E-state index contributed by atoms with van der Waals surface area (Å²) in [4.78, 5) is 8.77. The summed E-state index contributed by atoms with van der Waals surface area (Å²) in [5, 5.41) is 7.56. The van der Waals surface area contributed by atoms with E-state index in [4.69, 9.17) is 56.3 Å². The molecule has 1 N–H and O–H groups in total. The average Bonchev–Trinajstić information content (AvgIpc) is 2.97. The highest BCUT2D eigenvalue weighted by Crippen LogP contribution is 2.60. The summed E-state index contributed by atoms with van der Waals surface area (Å²) in [5.74, 6) is 0.356. The molecule has 2 atom stereocenters. The van der Waals surface area contributed by atoms with Crippen LogP contribution in [0.4, 0.5) is 4.79 Å². The molecular formula is C14H15Cl5O2. The highest BCUT2D eigenvalue weighted by Gasteiger charge is 2.55. The van der Waals surface area contributed by atoms with Crippen LogP contribution in [-0.4, -0.2) is 15.9 Å². The van der Waals surface area contributed by atoms with E-state index in [1.807, 2.05) is 12.1 Å². The Kier molecular flexibility index (Phi) is 6.53. The van der Waals surface area contributed by atoms with Gasteiger partial charge in [0.1, 0.15) is 0 Å². The fraction of sp³-hybridized carbons (Fsp3) is 0.500. The van der Waals surface area contributed by atoms with Crippen LogP contribution in [0.15, 0.2) is 24.3 Å². The fourth-order valence-corrected chi connectivity index (χ4v) is 3.33. The molecule has 0 saturated heterocycles. The lowest BCUT2D eigenvalue weighted by Crippen LogP contribution is -2.27. The fourth-order valence-electron chi connectivity index (χ4n) is 2.09. The molecule has 1 aromatic carbocycles. The van der Waals surface area contributed by atoms with E-state index in [9.17, 15) is 0 Å². The van der Waals surface area contributed by atoms with Crippen LogP contribution in [0.25, 0.3) is 0 Å². The second-order valence-electron chi connectivity index (χ2n) is 5.58. The largest absolute Gasteiger partial charge is 0.469 e. The lowest BCUT2D eigenvalue weighted by molar-refractivity contribution is 0.220. The van der Waals surface area contributed by atoms with Crippen LogP contribution in [0.1, 0.15) is 25.8 Å². The van der Waals surface area contributed by atoms with Crippen molar-refractivity contribution in [3.8, 4) is 0 Å². The molecule has 0 aromatic heterocycles. The van der Waals surface area contributed by atoms with Crippen LogP contribution >= 0.6 is 58.0 Å². The molecule has 0 spiro atoms. The normalized spacial score (nSPS) is 21.0. The minimum absolute atomic E-state index is 0.244. The number of rotatable bonds is 3. The lowest BCUT2D eigenvalue weighted by atomic mass is 10.0. The van der Waals surface area contributed by atoms with E-state index in [0.29, 0.717) is 10.9 Å². The van der Waals surface area contributed by atoms with Gasteiger partial charge < -0.3 is 5.11 Å². The smallest absolute Gasteiger partial charge is 0.401 e. The van der Waals surface area contributed by atoms with Crippen molar-refractivity contribution in [1.29, 1.82) is 0 Å². The van der Waals surface area contributed by atoms with Gasteiger partial charge in [0.25, 0.3) is 0 Å². The van der Waals surface area contributed by atoms with Gasteiger partial charge in [0.2, 0.25) is 0 Å². The highest BCUT2D eigenvalue weighted by molar-refractivity contribution is 6.60. The number of alkyl halides is 3. The minimum atomic E-state index is -1.36. The Morgan fingerprint density at radius 2 is 1.71 bits per heavy atom. The van der Waals surface area contributed by atoms with Crippen molar-refractivity contribution in [3.63, 3.8) is 0 Å². The Morgan fingerprint density at radius 1 is 1.33 bits per heavy atom. The first-order chi connectivity index (χ1) is 9.48. The van der Waals surface area contributed by atoms with Crippen molar-refractivity contribution < 1.29 is 9.90 Å². The van der Waals surface area contributed by atoms with Gasteiger partial charge in [-0.1, -0.05) is 60.8 Å². The Morgan fingerprint density at radius 3 is 2.05 bits per heavy atom. The lowest BCUT2D eigenvalue weighted by Gasteiger charge is -2.27. The molecule has 2 unspecified atom stereocenters. The van der Waals surface area contributed by atoms with Gasteiger partial charge in [-0.15, -0.1) is 11.6 Å². The van der Waals surface area contributed by atoms with Crippen molar-refractivity contribution in [3.05, 3.63) is 34.9 Å². The Bertz CT molecular complexity index is 495. The number of halogens is 5. The number of carboxylic acid groups (broad SMARTS) is 1. The molecule has 2 rings (SSSR count). The molecule has 2 nitrogen and oxygen atoms in total. The predicted octanol–water partition coefficient (Wildman–Crippen LogP) is 6.53. The summed E-state index contributed by atoms with van der Waals surface area (Å²) in [6, 6.07) is 7.20. The van der Waals surface area contributed by atoms with Crippen molar-refractivity contribution in [1.82, 2.24) is 0 Å². The summed E-state index contributed by atoms with van der Waals surface area (Å²) in [7, 11) is 0. The Hall–Kier alpha value is 0.140. The number of benzene rings is 1. The molecule has 7 heteroatoms. The van der Waals surface area contributed by atoms with Gasteiger partial charge >= 0.3 is 5.43 Å². The monoisotopic (exact) mass is 390 g/mol. The first-order valence-corrected chi connectivity index (χ1v) is 8.09. The topological polar surface area (TPSA) is 37.3 Å². The predicted molar refractivity (Wildman–Crippen MR) is 90.2 cm³/mol. The maximum Gasteiger partial charge on any atom is 0.401 e. The van der Waals surface area contributed by atoms with Crippen LogP contribution in [0.5, 0.6) is 0 Å². The Balaban J connectivity index is 0.000000491. The number of carbonyl (C=O) groups is 1. The molecule has 0 radical (unpaired) electrons. The zero-order valence-electron chi connectivity index (χ0n) is 11.4. The molecule has 1 aliphatic carbocycles. The molecule has 0 aliphatic heterocycles. The van der Waals surface area contributed by atoms with E-state index < -0.39 is 9.76 Å². The molecule has 1 aliphatic rings. The molecule has 0 bridgehead atoms. The molecule has 0 amide bonds. The van der Waals surface area contributed by atoms with Gasteiger partial charge in [0, 0.05) is 16.6 Å². The van der Waals surface area contributed by atoms with Gasteiger partial charge in [-0.25, -0.2) is 4.79 Å². The van der Waals surface area contributed by atoms with E-state index in [1.54, 1.807) is 12.1 Å². The zero-order chi connectivity index (χ0) is 16.4. The minimum Gasteiger partial charge on any atom is -0.469 e. The third-order valence-electron chi connectivity index (χ3n) is 3.52. The molecule has 118 valence electrons. The zero-order valence-corrected chi connectivity index (χ0v) is 15.2. The van der Waals surface area contributed by atoms with Crippen molar-refractivity contribution in [2.24, 2.45) is 11.3 Å². The van der Waals surface area contributed by atoms with Crippen LogP contribution in [0, 0.1) is 11.3 Å². The van der Waals surface area contributed by atoms with Gasteiger partial charge in [-0.05, 0) is 35.4 Å². The third-order valence-corrected chi connectivity index (χ3v) is 5.53. The molecule has 21 heavy (non-hydrogen) atoms. The van der Waals surface area contributed by atoms with Gasteiger partial charge in [0.15, 0.2) is 4.33 Å². The van der Waals surface area contributed by atoms with Crippen molar-refractivity contribution in [2.75, 3.05) is 0 Å². The summed E-state index contributed by atoms with van der Waals surface area (Å²) >= 11 is 29.3. The average molecular weight is 393 g/mol. The van der Waals surface area contributed by atoms with Crippen LogP contribution in [-0.2, 0) is 4.33 Å². The summed E-state index contributed by atoms with van der Waals surface area (Å²) in [6.45, 7) is 4.36. The maximum absolute atomic E-state index is 8.77. The quantitative estimate of drug-likeness (QED) is 0.469. The molecule has 1 fully saturated rings. The second-order valence-corrected chi connectivity index (χ2v) is 8.20. The standard InChI is InChI=1S/C13H14Cl4.CHClO2/c1-12(2)7-10(12)11(15)13(16,17)8-3-5-9(14)6-4-8;2-1(3)4/h3-6,10-11H,7H2,1-2H3;(H,3,4). The molecular weight excluding hydrogens is 377 g/mol. The van der Waals surface area contributed by atoms with Crippen LogP contribution in [0.2, 0.25) is 5.02 Å². The Labute approximate surface area is 149 Å². The third kappa shape index (κ3) is 5.37. The molecule has 1 aromatic rings. The number of hydrogen-bond acceptors (Lipinski definition) is 1. The summed E-state index contributed by atoms with van der Waals surface area (Å²) in [5.41, 5.74) is -0.318. The van der Waals surface area contributed by atoms with E-state index in [0.717, 1.165) is 12.0 Å². The van der Waals surface area contributed by atoms with Crippen molar-refractivity contribution in [2.45, 2.75) is 30.0 Å². The van der Waals surface area contributed by atoms with E-state index in [1.165, 1.54) is 0 Å². The SMILES string of the molecule is CC1(C)CC1C(Cl)C(Cl)(Cl)c1ccc(Cl)cc1.O=C(O)Cl. The highest BCUT2D eigenvalue weighted by atomic mass is 35.5. The summed E-state index contributed by atoms with van der Waals surface area (Å²) < 4.78 is -1.06. The molecule has 1 saturated carbocycles. The first-order valence-electron chi connectivity index (χ1n) is 6.15. The van der Waals surface area contributed by atoms with E-state index in [2.05, 4.69) is 25.4 Å². The summed E-state index contributed by atoms with van der Waals surface area (Å²) in [6.07, 6.45) is 1.07. The first kappa shape index (κ1) is 19.2.